The summed E-state index contributed by atoms with van der Waals surface area (Å²) in [6.45, 7) is 1.79. The van der Waals surface area contributed by atoms with Crippen LogP contribution in [0.3, 0.4) is 0 Å². The number of halogens is 3. The Kier molecular flexibility index (Phi) is 6.01. The molecule has 0 spiro atoms. The minimum Gasteiger partial charge on any atom is -0.370 e. The van der Waals surface area contributed by atoms with Crippen LogP contribution >= 0.6 is 34.7 Å². The first-order valence-corrected chi connectivity index (χ1v) is 11.9. The predicted octanol–water partition coefficient (Wildman–Crippen LogP) is 5.13. The molecule has 0 saturated carbocycles. The third-order valence-corrected chi connectivity index (χ3v) is 7.18. The zero-order valence-corrected chi connectivity index (χ0v) is 18.5. The van der Waals surface area contributed by atoms with Gasteiger partial charge in [-0.3, -0.25) is 4.72 Å². The summed E-state index contributed by atoms with van der Waals surface area (Å²) < 4.78 is 45.6. The van der Waals surface area contributed by atoms with Gasteiger partial charge in [0.2, 0.25) is 5.13 Å². The Bertz CT molecular complexity index is 1170. The van der Waals surface area contributed by atoms with Gasteiger partial charge in [0.05, 0.1) is 22.1 Å². The summed E-state index contributed by atoms with van der Waals surface area (Å²) in [6.07, 6.45) is 3.36. The number of anilines is 4. The molecule has 1 aliphatic rings. The maximum Gasteiger partial charge on any atom is 0.266 e. The van der Waals surface area contributed by atoms with Gasteiger partial charge in [-0.25, -0.2) is 17.8 Å². The summed E-state index contributed by atoms with van der Waals surface area (Å²) in [5, 5.41) is 3.77. The van der Waals surface area contributed by atoms with Crippen molar-refractivity contribution in [2.24, 2.45) is 0 Å². The summed E-state index contributed by atoms with van der Waals surface area (Å²) in [5.41, 5.74) is 1.82. The summed E-state index contributed by atoms with van der Waals surface area (Å²) >= 11 is 13.3. The maximum atomic E-state index is 14.7. The number of benzene rings is 2. The normalized spacial score (nSPS) is 14.2. The second-order valence-corrected chi connectivity index (χ2v) is 9.87. The van der Waals surface area contributed by atoms with E-state index in [0.29, 0.717) is 10.7 Å². The van der Waals surface area contributed by atoms with Gasteiger partial charge in [0.1, 0.15) is 17.0 Å². The summed E-state index contributed by atoms with van der Waals surface area (Å²) in [7, 11) is -4.21. The van der Waals surface area contributed by atoms with Crippen LogP contribution in [-0.4, -0.2) is 30.9 Å². The minimum absolute atomic E-state index is 0.0316. The van der Waals surface area contributed by atoms with Gasteiger partial charge in [-0.1, -0.05) is 23.2 Å². The number of rotatable bonds is 6. The molecule has 3 aromatic rings. The largest absolute Gasteiger partial charge is 0.370 e. The Hall–Kier alpha value is -2.14. The fourth-order valence-electron chi connectivity index (χ4n) is 3.19. The molecule has 1 aromatic heterocycles. The summed E-state index contributed by atoms with van der Waals surface area (Å²) in [6, 6.07) is 7.46. The first kappa shape index (κ1) is 21.1. The van der Waals surface area contributed by atoms with Crippen LogP contribution in [0, 0.1) is 5.82 Å². The van der Waals surface area contributed by atoms with E-state index in [1.54, 1.807) is 12.1 Å². The third-order valence-electron chi connectivity index (χ3n) is 4.57. The molecular weight excluding hydrogens is 472 g/mol. The SMILES string of the molecule is O=S(=O)(Nc1ncns1)c1cc(Cl)c(Nc2ccc(Cl)cc2N2CCCC2)cc1F. The van der Waals surface area contributed by atoms with Crippen LogP contribution in [-0.2, 0) is 10.0 Å². The first-order valence-electron chi connectivity index (χ1n) is 8.93. The molecule has 12 heteroatoms. The topological polar surface area (TPSA) is 87.2 Å². The molecule has 0 amide bonds. The lowest BCUT2D eigenvalue weighted by molar-refractivity contribution is 0.571. The quantitative estimate of drug-likeness (QED) is 0.501. The Balaban J connectivity index is 1.65. The van der Waals surface area contributed by atoms with Gasteiger partial charge in [0, 0.05) is 35.7 Å². The van der Waals surface area contributed by atoms with Crippen molar-refractivity contribution >= 4 is 67.0 Å². The average molecular weight is 488 g/mol. The minimum atomic E-state index is -4.21. The molecule has 158 valence electrons. The third kappa shape index (κ3) is 4.46. The first-order chi connectivity index (χ1) is 14.3. The fourth-order valence-corrected chi connectivity index (χ4v) is 5.38. The van der Waals surface area contributed by atoms with Gasteiger partial charge in [0.25, 0.3) is 10.0 Å². The van der Waals surface area contributed by atoms with Gasteiger partial charge in [-0.2, -0.15) is 4.37 Å². The van der Waals surface area contributed by atoms with Crippen LogP contribution in [0.2, 0.25) is 10.0 Å². The van der Waals surface area contributed by atoms with Crippen molar-refractivity contribution in [3.63, 3.8) is 0 Å². The molecule has 0 atom stereocenters. The lowest BCUT2D eigenvalue weighted by Gasteiger charge is -2.23. The lowest BCUT2D eigenvalue weighted by Crippen LogP contribution is -2.19. The van der Waals surface area contributed by atoms with Crippen LogP contribution in [0.4, 0.5) is 26.6 Å². The van der Waals surface area contributed by atoms with Crippen LogP contribution in [0.1, 0.15) is 12.8 Å². The average Bonchev–Trinajstić information content (AvgIpc) is 3.39. The van der Waals surface area contributed by atoms with E-state index in [1.165, 1.54) is 6.33 Å². The Labute approximate surface area is 187 Å². The molecule has 0 radical (unpaired) electrons. The van der Waals surface area contributed by atoms with Crippen molar-refractivity contribution in [2.45, 2.75) is 17.7 Å². The number of sulfonamides is 1. The predicted molar refractivity (Wildman–Crippen MR) is 118 cm³/mol. The van der Waals surface area contributed by atoms with Crippen LogP contribution < -0.4 is 14.9 Å². The lowest BCUT2D eigenvalue weighted by atomic mass is 10.2. The van der Waals surface area contributed by atoms with Crippen LogP contribution in [0.25, 0.3) is 0 Å². The molecule has 0 unspecified atom stereocenters. The number of hydrogen-bond donors (Lipinski definition) is 2. The zero-order chi connectivity index (χ0) is 21.3. The summed E-state index contributed by atoms with van der Waals surface area (Å²) in [5.74, 6) is -0.949. The van der Waals surface area contributed by atoms with E-state index in [2.05, 4.69) is 24.3 Å². The van der Waals surface area contributed by atoms with Gasteiger partial charge in [-0.05, 0) is 37.1 Å². The van der Waals surface area contributed by atoms with Gasteiger partial charge in [0.15, 0.2) is 0 Å². The van der Waals surface area contributed by atoms with E-state index in [9.17, 15) is 12.8 Å². The van der Waals surface area contributed by atoms with E-state index in [4.69, 9.17) is 23.2 Å². The molecule has 1 saturated heterocycles. The highest BCUT2D eigenvalue weighted by Crippen LogP contribution is 2.37. The fraction of sp³-hybridized carbons (Fsp3) is 0.222. The van der Waals surface area contributed by atoms with E-state index in [-0.39, 0.29) is 15.8 Å². The molecule has 4 rings (SSSR count). The van der Waals surface area contributed by atoms with Crippen molar-refractivity contribution in [1.82, 2.24) is 9.36 Å². The van der Waals surface area contributed by atoms with E-state index < -0.39 is 20.7 Å². The Morgan fingerprint density at radius 3 is 2.57 bits per heavy atom. The van der Waals surface area contributed by atoms with E-state index in [0.717, 1.165) is 55.3 Å². The van der Waals surface area contributed by atoms with Crippen molar-refractivity contribution in [1.29, 1.82) is 0 Å². The monoisotopic (exact) mass is 487 g/mol. The second kappa shape index (κ2) is 8.54. The highest BCUT2D eigenvalue weighted by molar-refractivity contribution is 7.93. The van der Waals surface area contributed by atoms with E-state index in [1.807, 2.05) is 6.07 Å². The molecule has 0 bridgehead atoms. The van der Waals surface area contributed by atoms with Crippen molar-refractivity contribution in [2.75, 3.05) is 28.0 Å². The molecule has 7 nitrogen and oxygen atoms in total. The maximum absolute atomic E-state index is 14.7. The van der Waals surface area contributed by atoms with Crippen LogP contribution in [0.5, 0.6) is 0 Å². The highest BCUT2D eigenvalue weighted by atomic mass is 35.5. The summed E-state index contributed by atoms with van der Waals surface area (Å²) in [4.78, 5) is 5.35. The van der Waals surface area contributed by atoms with Crippen molar-refractivity contribution in [3.05, 3.63) is 52.5 Å². The second-order valence-electron chi connectivity index (χ2n) is 6.60. The van der Waals surface area contributed by atoms with Crippen LogP contribution in [0.15, 0.2) is 41.6 Å². The van der Waals surface area contributed by atoms with Crippen molar-refractivity contribution in [3.8, 4) is 0 Å². The molecular formula is C18H16Cl2FN5O2S2. The standard InChI is InChI=1S/C18H16Cl2FN5O2S2/c19-11-3-4-14(16(7-11)26-5-1-2-6-26)24-15-9-13(21)17(8-12(15)20)30(27,28)25-18-22-10-23-29-18/h3-4,7-10,24H,1-2,5-6H2,(H,22,23,25). The van der Waals surface area contributed by atoms with E-state index >= 15 is 0 Å². The Morgan fingerprint density at radius 1 is 1.10 bits per heavy atom. The zero-order valence-electron chi connectivity index (χ0n) is 15.4. The van der Waals surface area contributed by atoms with Gasteiger partial charge >= 0.3 is 0 Å². The molecule has 2 heterocycles. The molecule has 2 N–H and O–H groups in total. The number of aromatic nitrogens is 2. The molecule has 1 aliphatic heterocycles. The molecule has 0 aliphatic carbocycles. The molecule has 1 fully saturated rings. The smallest absolute Gasteiger partial charge is 0.266 e. The highest BCUT2D eigenvalue weighted by Gasteiger charge is 2.23. The Morgan fingerprint density at radius 2 is 1.87 bits per heavy atom. The van der Waals surface area contributed by atoms with Gasteiger partial charge in [-0.15, -0.1) is 0 Å². The number of nitrogens with zero attached hydrogens (tertiary/aromatic N) is 3. The number of nitrogens with one attached hydrogen (secondary N) is 2. The molecule has 2 aromatic carbocycles. The van der Waals surface area contributed by atoms with Crippen molar-refractivity contribution < 1.29 is 12.8 Å². The van der Waals surface area contributed by atoms with Gasteiger partial charge < -0.3 is 10.2 Å². The molecule has 30 heavy (non-hydrogen) atoms. The number of hydrogen-bond acceptors (Lipinski definition) is 7.